The number of ether oxygens (including phenoxy) is 1. The van der Waals surface area contributed by atoms with E-state index in [1.165, 1.54) is 0 Å². The van der Waals surface area contributed by atoms with Gasteiger partial charge in [-0.2, -0.15) is 5.10 Å². The first-order chi connectivity index (χ1) is 11.1. The second-order valence-corrected chi connectivity index (χ2v) is 5.68. The number of benzene rings is 1. The molecule has 7 heteroatoms. The molecule has 1 aromatic carbocycles. The first kappa shape index (κ1) is 15.6. The van der Waals surface area contributed by atoms with Gasteiger partial charge in [-0.15, -0.1) is 0 Å². The average molecular weight is 350 g/mol. The van der Waals surface area contributed by atoms with Gasteiger partial charge in [0.25, 0.3) is 5.91 Å². The summed E-state index contributed by atoms with van der Waals surface area (Å²) in [4.78, 5) is 11.9. The van der Waals surface area contributed by atoms with Crippen LogP contribution in [-0.2, 0) is 11.3 Å². The molecule has 2 aromatic heterocycles. The number of hydrogen-bond donors (Lipinski definition) is 1. The Bertz CT molecular complexity index is 848. The lowest BCUT2D eigenvalue weighted by atomic mass is 10.2. The van der Waals surface area contributed by atoms with Crippen LogP contribution in [0.15, 0.2) is 48.8 Å². The number of nitrogens with one attached hydrogen (secondary N) is 1. The molecule has 5 nitrogen and oxygen atoms in total. The molecule has 0 radical (unpaired) electrons. The Kier molecular flexibility index (Phi) is 4.69. The van der Waals surface area contributed by atoms with Crippen molar-refractivity contribution in [1.29, 1.82) is 0 Å². The highest BCUT2D eigenvalue weighted by atomic mass is 35.5. The van der Waals surface area contributed by atoms with Crippen LogP contribution >= 0.6 is 23.2 Å². The largest absolute Gasteiger partial charge is 0.482 e. The number of rotatable bonds is 5. The van der Waals surface area contributed by atoms with Crippen LogP contribution in [0.2, 0.25) is 10.0 Å². The normalized spacial score (nSPS) is 10.7. The van der Waals surface area contributed by atoms with E-state index in [0.717, 1.165) is 11.1 Å². The summed E-state index contributed by atoms with van der Waals surface area (Å²) in [7, 11) is 0. The third-order valence-corrected chi connectivity index (χ3v) is 3.77. The Balaban J connectivity index is 1.55. The van der Waals surface area contributed by atoms with Gasteiger partial charge in [0.05, 0.1) is 16.7 Å². The number of fused-ring (bicyclic) bond motifs is 1. The van der Waals surface area contributed by atoms with Crippen molar-refractivity contribution in [3.8, 4) is 5.75 Å². The predicted molar refractivity (Wildman–Crippen MR) is 89.0 cm³/mol. The van der Waals surface area contributed by atoms with Crippen LogP contribution in [0, 0.1) is 0 Å². The first-order valence-electron chi connectivity index (χ1n) is 6.89. The average Bonchev–Trinajstić information content (AvgIpc) is 2.95. The van der Waals surface area contributed by atoms with E-state index in [0.29, 0.717) is 22.3 Å². The number of carbonyl (C=O) groups is 1. The topological polar surface area (TPSA) is 55.6 Å². The minimum atomic E-state index is -0.244. The molecule has 1 N–H and O–H groups in total. The van der Waals surface area contributed by atoms with Gasteiger partial charge in [-0.1, -0.05) is 29.3 Å². The van der Waals surface area contributed by atoms with Crippen molar-refractivity contribution >= 4 is 34.6 Å². The van der Waals surface area contributed by atoms with Crippen molar-refractivity contribution < 1.29 is 9.53 Å². The van der Waals surface area contributed by atoms with Gasteiger partial charge in [0, 0.05) is 23.3 Å². The molecule has 1 amide bonds. The lowest BCUT2D eigenvalue weighted by Crippen LogP contribution is -2.28. The third kappa shape index (κ3) is 3.75. The lowest BCUT2D eigenvalue weighted by Gasteiger charge is -2.08. The van der Waals surface area contributed by atoms with Crippen molar-refractivity contribution in [3.63, 3.8) is 0 Å². The molecular formula is C16H13Cl2N3O2. The van der Waals surface area contributed by atoms with E-state index >= 15 is 0 Å². The summed E-state index contributed by atoms with van der Waals surface area (Å²) in [5.74, 6) is 0.175. The second kappa shape index (κ2) is 6.89. The lowest BCUT2D eigenvalue weighted by molar-refractivity contribution is -0.123. The van der Waals surface area contributed by atoms with Crippen LogP contribution in [0.3, 0.4) is 0 Å². The van der Waals surface area contributed by atoms with Crippen LogP contribution in [0.1, 0.15) is 5.56 Å². The molecule has 0 unspecified atom stereocenters. The predicted octanol–water partition coefficient (Wildman–Crippen LogP) is 3.34. The number of aromatic nitrogens is 2. The SMILES string of the molecule is O=C(COc1ccc(Cl)cc1Cl)NCc1cnn2ccccc12. The van der Waals surface area contributed by atoms with Gasteiger partial charge >= 0.3 is 0 Å². The van der Waals surface area contributed by atoms with E-state index < -0.39 is 0 Å². The van der Waals surface area contributed by atoms with Gasteiger partial charge in [-0.25, -0.2) is 4.52 Å². The highest BCUT2D eigenvalue weighted by Crippen LogP contribution is 2.27. The summed E-state index contributed by atoms with van der Waals surface area (Å²) >= 11 is 11.8. The minimum Gasteiger partial charge on any atom is -0.482 e. The molecule has 118 valence electrons. The van der Waals surface area contributed by atoms with Crippen LogP contribution in [0.4, 0.5) is 0 Å². The van der Waals surface area contributed by atoms with Crippen molar-refractivity contribution in [2.24, 2.45) is 0 Å². The first-order valence-corrected chi connectivity index (χ1v) is 7.65. The Hall–Kier alpha value is -2.24. The molecule has 0 spiro atoms. The molecule has 3 aromatic rings. The van der Waals surface area contributed by atoms with Crippen LogP contribution in [0.25, 0.3) is 5.52 Å². The summed E-state index contributed by atoms with van der Waals surface area (Å²) < 4.78 is 7.14. The molecule has 2 heterocycles. The smallest absolute Gasteiger partial charge is 0.258 e. The number of pyridine rings is 1. The Labute approximate surface area is 142 Å². The van der Waals surface area contributed by atoms with Gasteiger partial charge in [-0.05, 0) is 30.3 Å². The number of hydrogen-bond acceptors (Lipinski definition) is 3. The molecule has 0 aliphatic carbocycles. The molecule has 0 aliphatic heterocycles. The summed E-state index contributed by atoms with van der Waals surface area (Å²) in [5.41, 5.74) is 1.89. The molecule has 0 bridgehead atoms. The fourth-order valence-corrected chi connectivity index (χ4v) is 2.57. The molecule has 3 rings (SSSR count). The maximum absolute atomic E-state index is 11.9. The van der Waals surface area contributed by atoms with Crippen LogP contribution in [0.5, 0.6) is 5.75 Å². The molecule has 0 saturated heterocycles. The van der Waals surface area contributed by atoms with Gasteiger partial charge in [-0.3, -0.25) is 4.79 Å². The molecule has 23 heavy (non-hydrogen) atoms. The van der Waals surface area contributed by atoms with Crippen molar-refractivity contribution in [3.05, 3.63) is 64.4 Å². The highest BCUT2D eigenvalue weighted by Gasteiger charge is 2.08. The van der Waals surface area contributed by atoms with Gasteiger partial charge in [0.1, 0.15) is 5.75 Å². The Morgan fingerprint density at radius 1 is 1.26 bits per heavy atom. The van der Waals surface area contributed by atoms with E-state index in [1.54, 1.807) is 28.9 Å². The minimum absolute atomic E-state index is 0.124. The fraction of sp³-hybridized carbons (Fsp3) is 0.125. The van der Waals surface area contributed by atoms with E-state index in [9.17, 15) is 4.79 Å². The monoisotopic (exact) mass is 349 g/mol. The molecule has 0 fully saturated rings. The number of nitrogens with zero attached hydrogens (tertiary/aromatic N) is 2. The van der Waals surface area contributed by atoms with E-state index in [4.69, 9.17) is 27.9 Å². The summed E-state index contributed by atoms with van der Waals surface area (Å²) in [6.45, 7) is 0.255. The molecule has 0 atom stereocenters. The van der Waals surface area contributed by atoms with Gasteiger partial charge in [0.2, 0.25) is 0 Å². The summed E-state index contributed by atoms with van der Waals surface area (Å²) in [6, 6.07) is 10.6. The van der Waals surface area contributed by atoms with Gasteiger partial charge in [0.15, 0.2) is 6.61 Å². The summed E-state index contributed by atoms with van der Waals surface area (Å²) in [6.07, 6.45) is 3.58. The van der Waals surface area contributed by atoms with Crippen LogP contribution < -0.4 is 10.1 Å². The van der Waals surface area contributed by atoms with Crippen molar-refractivity contribution in [2.45, 2.75) is 6.54 Å². The fourth-order valence-electron chi connectivity index (χ4n) is 2.10. The number of halogens is 2. The number of carbonyl (C=O) groups excluding carboxylic acids is 1. The van der Waals surface area contributed by atoms with Crippen LogP contribution in [-0.4, -0.2) is 22.1 Å². The third-order valence-electron chi connectivity index (χ3n) is 3.23. The number of amides is 1. The molecule has 0 aliphatic rings. The molecular weight excluding hydrogens is 337 g/mol. The quantitative estimate of drug-likeness (QED) is 0.768. The summed E-state index contributed by atoms with van der Waals surface area (Å²) in [5, 5.41) is 7.89. The molecule has 0 saturated carbocycles. The van der Waals surface area contributed by atoms with Crippen molar-refractivity contribution in [1.82, 2.24) is 14.9 Å². The zero-order valence-corrected chi connectivity index (χ0v) is 13.5. The van der Waals surface area contributed by atoms with E-state index in [1.807, 2.05) is 24.4 Å². The highest BCUT2D eigenvalue weighted by molar-refractivity contribution is 6.35. The zero-order valence-electron chi connectivity index (χ0n) is 12.0. The van der Waals surface area contributed by atoms with Gasteiger partial charge < -0.3 is 10.1 Å². The standard InChI is InChI=1S/C16H13Cl2N3O2/c17-12-4-5-15(13(18)7-12)23-10-16(22)19-8-11-9-20-21-6-2-1-3-14(11)21/h1-7,9H,8,10H2,(H,19,22). The maximum Gasteiger partial charge on any atom is 0.258 e. The van der Waals surface area contributed by atoms with E-state index in [2.05, 4.69) is 10.4 Å². The second-order valence-electron chi connectivity index (χ2n) is 4.84. The Morgan fingerprint density at radius 3 is 2.96 bits per heavy atom. The Morgan fingerprint density at radius 2 is 2.13 bits per heavy atom. The van der Waals surface area contributed by atoms with E-state index in [-0.39, 0.29) is 12.5 Å². The maximum atomic E-state index is 11.9. The zero-order chi connectivity index (χ0) is 16.2. The van der Waals surface area contributed by atoms with Crippen molar-refractivity contribution in [2.75, 3.05) is 6.61 Å².